The molecule has 0 bridgehead atoms. The molecule has 8 nitrogen and oxygen atoms in total. The Kier molecular flexibility index (Phi) is 1.69. The lowest BCUT2D eigenvalue weighted by Crippen LogP contribution is -2.37. The van der Waals surface area contributed by atoms with Crippen LogP contribution in [0.4, 0.5) is 0 Å². The lowest BCUT2D eigenvalue weighted by molar-refractivity contribution is 0.0945. The molecule has 1 unspecified atom stereocenters. The Hall–Kier alpha value is -2.35. The molecule has 142 valence electrons. The van der Waals surface area contributed by atoms with E-state index in [1.54, 1.807) is 0 Å². The van der Waals surface area contributed by atoms with Crippen molar-refractivity contribution in [1.29, 1.82) is 0 Å². The molecular weight excluding hydrogens is 334 g/mol. The summed E-state index contributed by atoms with van der Waals surface area (Å²) in [6.07, 6.45) is -10.5. The van der Waals surface area contributed by atoms with Crippen LogP contribution >= 0.6 is 0 Å². The number of aromatic nitrogens is 3. The summed E-state index contributed by atoms with van der Waals surface area (Å²) in [6.45, 7) is -22.3. The van der Waals surface area contributed by atoms with Gasteiger partial charge in [-0.15, -0.1) is 0 Å². The molecule has 2 aromatic heterocycles. The Labute approximate surface area is 181 Å². The van der Waals surface area contributed by atoms with Crippen molar-refractivity contribution >= 4 is 17.1 Å². The van der Waals surface area contributed by atoms with Crippen LogP contribution < -0.4 is 10.9 Å². The summed E-state index contributed by atoms with van der Waals surface area (Å²) >= 11 is 0. The number of rotatable bonds is 6. The van der Waals surface area contributed by atoms with E-state index in [0.717, 1.165) is 0 Å². The predicted octanol–water partition coefficient (Wildman–Crippen LogP) is 1.30. The molecule has 3 rings (SSSR count). The number of nitrogens with zero attached hydrogens (tertiary/aromatic N) is 3. The Morgan fingerprint density at radius 1 is 1.81 bits per heavy atom. The van der Waals surface area contributed by atoms with Crippen molar-refractivity contribution in [3.63, 3.8) is 0 Å². The Bertz CT molecular complexity index is 1650. The number of nitrogens with one attached hydrogen (secondary N) is 2. The highest BCUT2D eigenvalue weighted by molar-refractivity contribution is 6.00. The van der Waals surface area contributed by atoms with Gasteiger partial charge in [0.1, 0.15) is 12.5 Å². The van der Waals surface area contributed by atoms with Crippen LogP contribution in [0, 0.1) is 5.89 Å². The van der Waals surface area contributed by atoms with Crippen molar-refractivity contribution < 1.29 is 38.8 Å². The number of pyridine rings is 1. The van der Waals surface area contributed by atoms with Gasteiger partial charge in [-0.25, -0.2) is 4.98 Å². The summed E-state index contributed by atoms with van der Waals surface area (Å²) in [5.74, 6) is -7.09. The smallest absolute Gasteiger partial charge is 0.268 e. The third-order valence-electron chi connectivity index (χ3n) is 3.14. The maximum Gasteiger partial charge on any atom is 0.268 e. The van der Waals surface area contributed by atoms with E-state index in [1.807, 2.05) is 0 Å². The van der Waals surface area contributed by atoms with E-state index in [0.29, 0.717) is 6.92 Å². The van der Waals surface area contributed by atoms with Crippen molar-refractivity contribution in [1.82, 2.24) is 24.7 Å². The summed E-state index contributed by atoms with van der Waals surface area (Å²) < 4.78 is 169. The summed E-state index contributed by atoms with van der Waals surface area (Å²) in [7, 11) is 0. The molecule has 0 saturated carbocycles. The predicted molar refractivity (Wildman–Crippen MR) is 99.5 cm³/mol. The standard InChI is InChI=1S/C18H27N5O3/c1-3-23-16-14(20-11-21-16)15(24)13(18(23)26)17(25)19-7-5-9-22-8-4-6-12(2)10-22/h11-12,24H,3-10H2,1-2H3,(H,19,25)(H,20,21)/i1D3,3D2,4D2,6D2,7D2,8D2,9D2,10D2,11D,12D/hD2. The van der Waals surface area contributed by atoms with Crippen LogP contribution in [0.1, 0.15) is 69.3 Å². The number of hydrogen-bond acceptors (Lipinski definition) is 5. The zero-order valence-corrected chi connectivity index (χ0v) is 13.2. The topological polar surface area (TPSA) is 103 Å². The number of hydrogen-bond donors (Lipinski definition) is 3. The lowest BCUT2D eigenvalue weighted by atomic mass is 10.0. The van der Waals surface area contributed by atoms with Gasteiger partial charge in [0.05, 0.1) is 6.30 Å². The van der Waals surface area contributed by atoms with Crippen molar-refractivity contribution in [2.45, 2.75) is 39.4 Å². The molecule has 1 aliphatic heterocycles. The minimum absolute atomic E-state index is 0.0560. The van der Waals surface area contributed by atoms with Gasteiger partial charge < -0.3 is 20.3 Å². The number of fused-ring (bicyclic) bond motifs is 1. The van der Waals surface area contributed by atoms with E-state index in [2.05, 4.69) is 4.98 Å². The fraction of sp³-hybridized carbons (Fsp3) is 0.611. The molecule has 0 aliphatic carbocycles. The SMILES string of the molecule is [2H]c1nc2c(c(O)c(C(=O)N([2H])C([2H])([2H])CC([2H])([2H])N3C([2H])([2H])C([2H])([2H])C([2H])([2H])C([2H])(C)C3([2H])[2H])c(=O)n2C([2H])([2H])C([2H])([2H])[2H])n1[2H]. The van der Waals surface area contributed by atoms with Crippen LogP contribution in [0.3, 0.4) is 0 Å². The molecule has 8 heteroatoms. The summed E-state index contributed by atoms with van der Waals surface area (Å²) in [5, 5.41) is 9.95. The largest absolute Gasteiger partial charge is 0.505 e. The Balaban J connectivity index is 2.23. The second-order valence-electron chi connectivity index (χ2n) is 4.82. The van der Waals surface area contributed by atoms with Crippen LogP contribution in [0.2, 0.25) is 2.82 Å². The molecule has 1 aliphatic rings. The number of carbonyl (C=O) groups excluding carboxylic acids is 1. The monoisotopic (exact) mass is 382 g/mol. The molecule has 2 aromatic rings. The van der Waals surface area contributed by atoms with Gasteiger partial charge in [-0.1, -0.05) is 6.92 Å². The first-order valence-corrected chi connectivity index (χ1v) is 7.02. The van der Waals surface area contributed by atoms with Crippen molar-refractivity contribution in [2.75, 3.05) is 26.0 Å². The number of carbonyl (C=O) groups is 1. The number of aromatic amines is 1. The number of likely N-dealkylation sites (tertiary alicyclic amines) is 1. The highest BCUT2D eigenvalue weighted by Crippen LogP contribution is 2.23. The normalized spacial score (nSPS) is 42.9. The highest BCUT2D eigenvalue weighted by Gasteiger charge is 2.23. The molecule has 3 N–H and O–H groups in total. The van der Waals surface area contributed by atoms with Gasteiger partial charge in [-0.05, 0) is 44.9 Å². The van der Waals surface area contributed by atoms with Gasteiger partial charge in [0.2, 0.25) is 0 Å². The average Bonchev–Trinajstić information content (AvgIpc) is 3.13. The maximum absolute atomic E-state index is 13.4. The van der Waals surface area contributed by atoms with Gasteiger partial charge in [-0.2, -0.15) is 0 Å². The van der Waals surface area contributed by atoms with E-state index in [9.17, 15) is 14.7 Å². The Morgan fingerprint density at radius 3 is 3.46 bits per heavy atom. The second kappa shape index (κ2) is 7.90. The molecule has 26 heavy (non-hydrogen) atoms. The highest BCUT2D eigenvalue weighted by atomic mass is 16.3. The van der Waals surface area contributed by atoms with Crippen LogP contribution in [-0.2, 0) is 6.50 Å². The quantitative estimate of drug-likeness (QED) is 0.699. The fourth-order valence-electron chi connectivity index (χ4n) is 2.03. The molecule has 0 aromatic carbocycles. The van der Waals surface area contributed by atoms with Crippen molar-refractivity contribution in [3.05, 3.63) is 22.2 Å². The summed E-state index contributed by atoms with van der Waals surface area (Å²) in [4.78, 5) is 29.6. The first-order valence-electron chi connectivity index (χ1n) is 17.4. The zero-order valence-electron chi connectivity index (χ0n) is 34.2. The third-order valence-corrected chi connectivity index (χ3v) is 3.14. The summed E-state index contributed by atoms with van der Waals surface area (Å²) in [6, 6.07) is 0. The zero-order chi connectivity index (χ0) is 37.3. The van der Waals surface area contributed by atoms with Crippen LogP contribution in [0.5, 0.6) is 5.75 Å². The number of piperidine rings is 1. The minimum atomic E-state index is -3.98. The molecule has 3 heterocycles. The number of H-pyrrole nitrogens is 1. The molecule has 1 atom stereocenters. The van der Waals surface area contributed by atoms with Gasteiger partial charge in [0.15, 0.2) is 14.2 Å². The summed E-state index contributed by atoms with van der Waals surface area (Å²) in [5.41, 5.74) is -6.00. The van der Waals surface area contributed by atoms with E-state index in [1.165, 1.54) is 0 Å². The minimum Gasteiger partial charge on any atom is -0.505 e. The van der Waals surface area contributed by atoms with E-state index >= 15 is 0 Å². The third kappa shape index (κ3) is 3.60. The van der Waals surface area contributed by atoms with Crippen LogP contribution in [0.15, 0.2) is 11.1 Å². The average molecular weight is 383 g/mol. The lowest BCUT2D eigenvalue weighted by Gasteiger charge is -2.30. The van der Waals surface area contributed by atoms with Crippen LogP contribution in [-0.4, -0.2) is 56.4 Å². The Morgan fingerprint density at radius 2 is 2.65 bits per heavy atom. The van der Waals surface area contributed by atoms with E-state index < -0.39 is 115 Å². The number of amides is 1. The molecule has 1 saturated heterocycles. The molecule has 0 radical (unpaired) electrons. The maximum atomic E-state index is 13.4. The molecular formula is C18H27N5O3. The molecule has 0 spiro atoms. The van der Waals surface area contributed by atoms with Crippen LogP contribution in [0.25, 0.3) is 11.2 Å². The molecule has 1 fully saturated rings. The van der Waals surface area contributed by atoms with E-state index in [-0.39, 0.29) is 9.54 Å². The van der Waals surface area contributed by atoms with Crippen molar-refractivity contribution in [2.24, 2.45) is 5.89 Å². The first kappa shape index (κ1) is 5.58. The van der Waals surface area contributed by atoms with Gasteiger partial charge in [-0.3, -0.25) is 14.2 Å². The van der Waals surface area contributed by atoms with Gasteiger partial charge >= 0.3 is 0 Å². The molecule has 1 amide bonds. The van der Waals surface area contributed by atoms with Crippen molar-refractivity contribution in [3.8, 4) is 5.75 Å². The number of aromatic hydroxyl groups is 1. The number of aryl methyl sites for hydroxylation is 1. The fourth-order valence-corrected chi connectivity index (χ4v) is 2.03. The van der Waals surface area contributed by atoms with E-state index in [4.69, 9.17) is 28.9 Å². The van der Waals surface area contributed by atoms with Gasteiger partial charge in [0, 0.05) is 44.2 Å². The number of imidazole rings is 1. The first-order chi connectivity index (χ1) is 20.5. The van der Waals surface area contributed by atoms with Gasteiger partial charge in [0.25, 0.3) is 11.5 Å². The second-order valence-corrected chi connectivity index (χ2v) is 4.82.